The van der Waals surface area contributed by atoms with Gasteiger partial charge in [-0.3, -0.25) is 0 Å². The molecule has 35 heavy (non-hydrogen) atoms. The number of ether oxygens (including phenoxy) is 1. The molecular formula is C24H33ClN2O7P+. The van der Waals surface area contributed by atoms with Gasteiger partial charge in [-0.25, -0.2) is 9.40 Å². The minimum absolute atomic E-state index is 0.0282. The maximum Gasteiger partial charge on any atom is 0.513 e. The van der Waals surface area contributed by atoms with Crippen molar-refractivity contribution in [1.82, 2.24) is 5.09 Å². The van der Waals surface area contributed by atoms with E-state index in [0.29, 0.717) is 22.8 Å². The molecule has 2 aromatic rings. The van der Waals surface area contributed by atoms with E-state index < -0.39 is 13.3 Å². The Kier molecular flexibility index (Phi) is 11.7. The molecule has 2 aromatic carbocycles. The highest BCUT2D eigenvalue weighted by molar-refractivity contribution is 7.52. The standard InChI is InChI=1S/C24H33ClN2O7P/c1-4-5-6-7-8-17-32-19-24(2,18-28)26-35(30,33-22-13-9-20(25)10-14-22)34-23-15-11-21(12-16-23)27(29)31-3/h9-16,18H,4-8,17,19H2,1-3H3,(H,26,30)/q+1. The number of halogens is 1. The van der Waals surface area contributed by atoms with Gasteiger partial charge in [0.1, 0.15) is 23.3 Å². The third kappa shape index (κ3) is 9.98. The molecule has 0 aliphatic rings. The molecule has 0 spiro atoms. The molecule has 2 unspecified atom stereocenters. The van der Waals surface area contributed by atoms with Crippen molar-refractivity contribution < 1.29 is 32.9 Å². The summed E-state index contributed by atoms with van der Waals surface area (Å²) >= 11 is 5.93. The van der Waals surface area contributed by atoms with E-state index in [1.54, 1.807) is 19.1 Å². The van der Waals surface area contributed by atoms with E-state index >= 15 is 0 Å². The average Bonchev–Trinajstić information content (AvgIpc) is 2.84. The van der Waals surface area contributed by atoms with Gasteiger partial charge in [0.05, 0.1) is 11.5 Å². The van der Waals surface area contributed by atoms with E-state index in [0.717, 1.165) is 25.7 Å². The first-order chi connectivity index (χ1) is 16.7. The summed E-state index contributed by atoms with van der Waals surface area (Å²) in [5.74, 6) is 0.366. The number of rotatable bonds is 17. The van der Waals surface area contributed by atoms with Crippen LogP contribution in [0, 0.1) is 4.91 Å². The number of nitrogens with zero attached hydrogens (tertiary/aromatic N) is 1. The van der Waals surface area contributed by atoms with Gasteiger partial charge in [0, 0.05) is 23.8 Å². The molecule has 9 nitrogen and oxygen atoms in total. The smallest absolute Gasteiger partial charge is 0.405 e. The van der Waals surface area contributed by atoms with Crippen LogP contribution in [-0.2, 0) is 18.9 Å². The number of hydrogen-bond donors (Lipinski definition) is 1. The molecular weight excluding hydrogens is 495 g/mol. The number of carbonyl (C=O) groups is 1. The highest BCUT2D eigenvalue weighted by Crippen LogP contribution is 2.46. The Hall–Kier alpha value is -2.45. The summed E-state index contributed by atoms with van der Waals surface area (Å²) in [7, 11) is -2.92. The summed E-state index contributed by atoms with van der Waals surface area (Å²) in [4.78, 5) is 28.5. The zero-order chi connectivity index (χ0) is 25.7. The third-order valence-electron chi connectivity index (χ3n) is 4.92. The predicted molar refractivity (Wildman–Crippen MR) is 134 cm³/mol. The Morgan fingerprint density at radius 1 is 1.00 bits per heavy atom. The van der Waals surface area contributed by atoms with Gasteiger partial charge in [0.2, 0.25) is 0 Å². The lowest BCUT2D eigenvalue weighted by Crippen LogP contribution is -2.47. The fourth-order valence-electron chi connectivity index (χ4n) is 3.07. The molecule has 2 atom stereocenters. The van der Waals surface area contributed by atoms with Crippen molar-refractivity contribution in [2.45, 2.75) is 51.5 Å². The van der Waals surface area contributed by atoms with E-state index in [1.165, 1.54) is 49.9 Å². The van der Waals surface area contributed by atoms with Gasteiger partial charge in [0.25, 0.3) is 4.92 Å². The summed E-state index contributed by atoms with van der Waals surface area (Å²) in [6.07, 6.45) is 5.99. The molecule has 0 heterocycles. The highest BCUT2D eigenvalue weighted by atomic mass is 35.5. The number of unbranched alkanes of at least 4 members (excludes halogenated alkanes) is 4. The molecule has 192 valence electrons. The van der Waals surface area contributed by atoms with Gasteiger partial charge in [-0.2, -0.15) is 5.09 Å². The maximum atomic E-state index is 13.8. The molecule has 1 N–H and O–H groups in total. The van der Waals surface area contributed by atoms with Gasteiger partial charge in [-0.1, -0.05) is 44.2 Å². The third-order valence-corrected chi connectivity index (χ3v) is 6.86. The van der Waals surface area contributed by atoms with Crippen molar-refractivity contribution in [2.24, 2.45) is 0 Å². The largest absolute Gasteiger partial charge is 0.513 e. The van der Waals surface area contributed by atoms with Crippen molar-refractivity contribution in [2.75, 3.05) is 20.3 Å². The fraction of sp³-hybridized carbons (Fsp3) is 0.458. The Morgan fingerprint density at radius 3 is 2.11 bits per heavy atom. The zero-order valence-electron chi connectivity index (χ0n) is 20.3. The van der Waals surface area contributed by atoms with E-state index in [-0.39, 0.29) is 23.8 Å². The minimum atomic E-state index is -4.16. The van der Waals surface area contributed by atoms with Gasteiger partial charge in [-0.05, 0) is 49.7 Å². The fourth-order valence-corrected chi connectivity index (χ4v) is 4.86. The lowest BCUT2D eigenvalue weighted by atomic mass is 10.1. The number of nitrogens with one attached hydrogen (secondary N) is 1. The van der Waals surface area contributed by atoms with Crippen molar-refractivity contribution in [3.63, 3.8) is 0 Å². The van der Waals surface area contributed by atoms with E-state index in [2.05, 4.69) is 16.8 Å². The molecule has 2 rings (SSSR count). The number of hydrogen-bond acceptors (Lipinski definition) is 7. The number of benzene rings is 2. The van der Waals surface area contributed by atoms with E-state index in [9.17, 15) is 14.3 Å². The predicted octanol–water partition coefficient (Wildman–Crippen LogP) is 6.41. The molecule has 0 fully saturated rings. The quantitative estimate of drug-likeness (QED) is 0.109. The van der Waals surface area contributed by atoms with Crippen LogP contribution in [0.1, 0.15) is 46.0 Å². The van der Waals surface area contributed by atoms with Crippen LogP contribution in [0.2, 0.25) is 5.02 Å². The normalized spacial score (nSPS) is 14.4. The summed E-state index contributed by atoms with van der Waals surface area (Å²) in [5.41, 5.74) is -1.14. The van der Waals surface area contributed by atoms with Crippen LogP contribution < -0.4 is 14.1 Å². The van der Waals surface area contributed by atoms with Crippen molar-refractivity contribution in [1.29, 1.82) is 0 Å². The molecule has 0 saturated carbocycles. The van der Waals surface area contributed by atoms with Gasteiger partial charge in [0.15, 0.2) is 7.11 Å². The second-order valence-corrected chi connectivity index (χ2v) is 10.2. The molecule has 0 bridgehead atoms. The molecule has 11 heteroatoms. The average molecular weight is 528 g/mol. The summed E-state index contributed by atoms with van der Waals surface area (Å²) in [6, 6.07) is 11.9. The topological polar surface area (TPSA) is 103 Å². The molecule has 0 radical (unpaired) electrons. The molecule has 0 saturated heterocycles. The lowest BCUT2D eigenvalue weighted by Gasteiger charge is -2.29. The first-order valence-corrected chi connectivity index (χ1v) is 13.3. The summed E-state index contributed by atoms with van der Waals surface area (Å²) in [5, 5.41) is 3.19. The molecule has 0 aliphatic heterocycles. The zero-order valence-corrected chi connectivity index (χ0v) is 21.9. The second kappa shape index (κ2) is 14.2. The van der Waals surface area contributed by atoms with Crippen LogP contribution in [0.4, 0.5) is 5.69 Å². The van der Waals surface area contributed by atoms with Crippen LogP contribution >= 0.6 is 19.3 Å². The van der Waals surface area contributed by atoms with Crippen LogP contribution in [0.5, 0.6) is 11.5 Å². The Morgan fingerprint density at radius 2 is 1.57 bits per heavy atom. The summed E-state index contributed by atoms with van der Waals surface area (Å²) in [6.45, 7) is 4.15. The van der Waals surface area contributed by atoms with Gasteiger partial charge in [-0.15, -0.1) is 0 Å². The van der Waals surface area contributed by atoms with Crippen molar-refractivity contribution >= 4 is 31.3 Å². The number of carbonyl (C=O) groups excluding carboxylic acids is 1. The Balaban J connectivity index is 2.15. The number of aldehydes is 1. The minimum Gasteiger partial charge on any atom is -0.405 e. The Bertz CT molecular complexity index is 988. The van der Waals surface area contributed by atoms with Gasteiger partial charge < -0.3 is 18.6 Å². The Labute approximate surface area is 211 Å². The van der Waals surface area contributed by atoms with Gasteiger partial charge >= 0.3 is 13.4 Å². The highest BCUT2D eigenvalue weighted by Gasteiger charge is 2.39. The first-order valence-electron chi connectivity index (χ1n) is 11.4. The lowest BCUT2D eigenvalue weighted by molar-refractivity contribution is -0.736. The SMILES string of the molecule is CCCCCCCOCC(C)(C=O)NP(=O)(Oc1ccc(Cl)cc1)Oc1ccc([N+](=O)OC)cc1. The van der Waals surface area contributed by atoms with Crippen molar-refractivity contribution in [3.05, 3.63) is 58.5 Å². The second-order valence-electron chi connectivity index (χ2n) is 8.18. The maximum absolute atomic E-state index is 13.8. The molecule has 0 aromatic heterocycles. The first kappa shape index (κ1) is 28.8. The van der Waals surface area contributed by atoms with Crippen molar-refractivity contribution in [3.8, 4) is 11.5 Å². The monoisotopic (exact) mass is 527 g/mol. The summed E-state index contributed by atoms with van der Waals surface area (Å²) < 4.78 is 30.9. The van der Waals surface area contributed by atoms with E-state index in [4.69, 9.17) is 25.4 Å². The van der Waals surface area contributed by atoms with Crippen LogP contribution in [0.15, 0.2) is 48.5 Å². The van der Waals surface area contributed by atoms with Crippen LogP contribution in [-0.4, -0.2) is 37.1 Å². The molecule has 0 amide bonds. The van der Waals surface area contributed by atoms with E-state index in [1.807, 2.05) is 0 Å². The van der Waals surface area contributed by atoms with Crippen LogP contribution in [0.3, 0.4) is 0 Å². The van der Waals surface area contributed by atoms with Crippen LogP contribution in [0.25, 0.3) is 0 Å². The molecule has 0 aliphatic carbocycles.